The van der Waals surface area contributed by atoms with Crippen molar-refractivity contribution in [3.63, 3.8) is 0 Å². The number of halogens is 1. The van der Waals surface area contributed by atoms with Gasteiger partial charge in [-0.2, -0.15) is 0 Å². The largest absolute Gasteiger partial charge is 0.357 e. The van der Waals surface area contributed by atoms with E-state index >= 15 is 0 Å². The van der Waals surface area contributed by atoms with Gasteiger partial charge in [-0.15, -0.1) is 12.4 Å². The SMILES string of the molecule is CNCC1CCCN1C(=O)c1ccc[nH]1.Cl. The number of aromatic amines is 1. The number of H-pyrrole nitrogens is 1. The van der Waals surface area contributed by atoms with Gasteiger partial charge < -0.3 is 15.2 Å². The maximum Gasteiger partial charge on any atom is 0.270 e. The summed E-state index contributed by atoms with van der Waals surface area (Å²) in [6.07, 6.45) is 4.00. The predicted octanol–water partition coefficient (Wildman–Crippen LogP) is 1.26. The fraction of sp³-hybridized carbons (Fsp3) is 0.545. The first-order valence-electron chi connectivity index (χ1n) is 5.42. The van der Waals surface area contributed by atoms with Crippen molar-refractivity contribution >= 4 is 18.3 Å². The molecular weight excluding hydrogens is 226 g/mol. The van der Waals surface area contributed by atoms with Crippen LogP contribution in [0.15, 0.2) is 18.3 Å². The van der Waals surface area contributed by atoms with Gasteiger partial charge in [-0.3, -0.25) is 4.79 Å². The lowest BCUT2D eigenvalue weighted by Crippen LogP contribution is -2.40. The summed E-state index contributed by atoms with van der Waals surface area (Å²) in [6.45, 7) is 1.76. The third kappa shape index (κ3) is 2.57. The van der Waals surface area contributed by atoms with Gasteiger partial charge in [0.15, 0.2) is 0 Å². The molecular formula is C11H18ClN3O. The van der Waals surface area contributed by atoms with Crippen molar-refractivity contribution in [2.75, 3.05) is 20.1 Å². The minimum Gasteiger partial charge on any atom is -0.357 e. The molecule has 2 N–H and O–H groups in total. The Labute approximate surface area is 102 Å². The van der Waals surface area contributed by atoms with Gasteiger partial charge in [-0.1, -0.05) is 0 Å². The molecule has 0 spiro atoms. The molecule has 1 aromatic rings. The second kappa shape index (κ2) is 5.92. The number of nitrogens with zero attached hydrogens (tertiary/aromatic N) is 1. The van der Waals surface area contributed by atoms with E-state index in [2.05, 4.69) is 10.3 Å². The molecule has 5 heteroatoms. The lowest BCUT2D eigenvalue weighted by molar-refractivity contribution is 0.0732. The van der Waals surface area contributed by atoms with Crippen molar-refractivity contribution in [3.05, 3.63) is 24.0 Å². The van der Waals surface area contributed by atoms with E-state index in [0.717, 1.165) is 25.9 Å². The van der Waals surface area contributed by atoms with Crippen LogP contribution in [0.2, 0.25) is 0 Å². The van der Waals surface area contributed by atoms with E-state index in [0.29, 0.717) is 11.7 Å². The molecule has 0 bridgehead atoms. The van der Waals surface area contributed by atoms with Crippen LogP contribution in [0, 0.1) is 0 Å². The summed E-state index contributed by atoms with van der Waals surface area (Å²) in [5.74, 6) is 0.123. The molecule has 16 heavy (non-hydrogen) atoms. The maximum atomic E-state index is 12.1. The van der Waals surface area contributed by atoms with Crippen LogP contribution >= 0.6 is 12.4 Å². The molecule has 0 aromatic carbocycles. The van der Waals surface area contributed by atoms with Crippen molar-refractivity contribution in [3.8, 4) is 0 Å². The third-order valence-corrected chi connectivity index (χ3v) is 2.91. The van der Waals surface area contributed by atoms with E-state index in [1.807, 2.05) is 24.1 Å². The summed E-state index contributed by atoms with van der Waals surface area (Å²) in [4.78, 5) is 17.0. The highest BCUT2D eigenvalue weighted by molar-refractivity contribution is 5.92. The number of hydrogen-bond acceptors (Lipinski definition) is 2. The van der Waals surface area contributed by atoms with Crippen molar-refractivity contribution < 1.29 is 4.79 Å². The summed E-state index contributed by atoms with van der Waals surface area (Å²) in [5.41, 5.74) is 0.693. The van der Waals surface area contributed by atoms with E-state index in [1.165, 1.54) is 0 Å². The monoisotopic (exact) mass is 243 g/mol. The molecule has 2 rings (SSSR count). The van der Waals surface area contributed by atoms with Crippen molar-refractivity contribution in [1.82, 2.24) is 15.2 Å². The van der Waals surface area contributed by atoms with Gasteiger partial charge in [-0.05, 0) is 32.0 Å². The summed E-state index contributed by atoms with van der Waals surface area (Å²) in [6, 6.07) is 4.04. The lowest BCUT2D eigenvalue weighted by atomic mass is 10.2. The fourth-order valence-corrected chi connectivity index (χ4v) is 2.17. The van der Waals surface area contributed by atoms with E-state index < -0.39 is 0 Å². The van der Waals surface area contributed by atoms with Crippen LogP contribution in [0.5, 0.6) is 0 Å². The van der Waals surface area contributed by atoms with Crippen molar-refractivity contribution in [1.29, 1.82) is 0 Å². The zero-order valence-electron chi connectivity index (χ0n) is 9.40. The Morgan fingerprint density at radius 3 is 3.12 bits per heavy atom. The molecule has 1 aliphatic heterocycles. The second-order valence-corrected chi connectivity index (χ2v) is 3.94. The molecule has 0 aliphatic carbocycles. The Balaban J connectivity index is 0.00000128. The van der Waals surface area contributed by atoms with Crippen LogP contribution in [-0.4, -0.2) is 42.0 Å². The minimum absolute atomic E-state index is 0. The normalized spacial score (nSPS) is 19.6. The van der Waals surface area contributed by atoms with E-state index in [-0.39, 0.29) is 18.3 Å². The van der Waals surface area contributed by atoms with Crippen molar-refractivity contribution in [2.24, 2.45) is 0 Å². The summed E-state index contributed by atoms with van der Waals surface area (Å²) >= 11 is 0. The third-order valence-electron chi connectivity index (χ3n) is 2.91. The zero-order valence-corrected chi connectivity index (χ0v) is 10.2. The van der Waals surface area contributed by atoms with Gasteiger partial charge in [0.1, 0.15) is 5.69 Å². The number of hydrogen-bond donors (Lipinski definition) is 2. The van der Waals surface area contributed by atoms with Crippen molar-refractivity contribution in [2.45, 2.75) is 18.9 Å². The van der Waals surface area contributed by atoms with Crippen LogP contribution < -0.4 is 5.32 Å². The van der Waals surface area contributed by atoms with Gasteiger partial charge in [-0.25, -0.2) is 0 Å². The molecule has 1 aliphatic rings. The first kappa shape index (κ1) is 13.1. The van der Waals surface area contributed by atoms with Crippen LogP contribution in [0.25, 0.3) is 0 Å². The Morgan fingerprint density at radius 2 is 2.50 bits per heavy atom. The standard InChI is InChI=1S/C11H17N3O.ClH/c1-12-8-9-4-3-7-14(9)11(15)10-5-2-6-13-10;/h2,5-6,9,12-13H,3-4,7-8H2,1H3;1H. The molecule has 1 aromatic heterocycles. The molecule has 2 heterocycles. The highest BCUT2D eigenvalue weighted by atomic mass is 35.5. The predicted molar refractivity (Wildman–Crippen MR) is 66.0 cm³/mol. The number of rotatable bonds is 3. The quantitative estimate of drug-likeness (QED) is 0.840. The lowest BCUT2D eigenvalue weighted by Gasteiger charge is -2.23. The fourth-order valence-electron chi connectivity index (χ4n) is 2.17. The van der Waals surface area contributed by atoms with Crippen LogP contribution in [0.3, 0.4) is 0 Å². The topological polar surface area (TPSA) is 48.1 Å². The molecule has 4 nitrogen and oxygen atoms in total. The Morgan fingerprint density at radius 1 is 1.69 bits per heavy atom. The van der Waals surface area contributed by atoms with Crippen LogP contribution in [0.1, 0.15) is 23.3 Å². The first-order chi connectivity index (χ1) is 7.33. The number of amides is 1. The highest BCUT2D eigenvalue weighted by Crippen LogP contribution is 2.18. The molecule has 1 amide bonds. The number of carbonyl (C=O) groups excluding carboxylic acids is 1. The highest BCUT2D eigenvalue weighted by Gasteiger charge is 2.28. The first-order valence-corrected chi connectivity index (χ1v) is 5.42. The molecule has 0 radical (unpaired) electrons. The average Bonchev–Trinajstić information content (AvgIpc) is 2.87. The maximum absolute atomic E-state index is 12.1. The van der Waals surface area contributed by atoms with Gasteiger partial charge >= 0.3 is 0 Å². The van der Waals surface area contributed by atoms with E-state index in [4.69, 9.17) is 0 Å². The average molecular weight is 244 g/mol. The smallest absolute Gasteiger partial charge is 0.270 e. The number of aromatic nitrogens is 1. The van der Waals surface area contributed by atoms with E-state index in [1.54, 1.807) is 6.20 Å². The molecule has 1 fully saturated rings. The van der Waals surface area contributed by atoms with Gasteiger partial charge in [0.05, 0.1) is 0 Å². The van der Waals surface area contributed by atoms with Gasteiger partial charge in [0.25, 0.3) is 5.91 Å². The summed E-state index contributed by atoms with van der Waals surface area (Å²) in [5, 5.41) is 3.14. The van der Waals surface area contributed by atoms with Crippen LogP contribution in [-0.2, 0) is 0 Å². The second-order valence-electron chi connectivity index (χ2n) is 3.94. The number of likely N-dealkylation sites (N-methyl/N-ethyl adjacent to an activating group) is 1. The molecule has 1 unspecified atom stereocenters. The molecule has 1 atom stereocenters. The molecule has 1 saturated heterocycles. The van der Waals surface area contributed by atoms with Crippen LogP contribution in [0.4, 0.5) is 0 Å². The van der Waals surface area contributed by atoms with Gasteiger partial charge in [0.2, 0.25) is 0 Å². The minimum atomic E-state index is 0. The Hall–Kier alpha value is -1.00. The van der Waals surface area contributed by atoms with E-state index in [9.17, 15) is 4.79 Å². The molecule has 0 saturated carbocycles. The summed E-state index contributed by atoms with van der Waals surface area (Å²) < 4.78 is 0. The Bertz CT molecular complexity index is 326. The summed E-state index contributed by atoms with van der Waals surface area (Å²) in [7, 11) is 1.93. The van der Waals surface area contributed by atoms with Gasteiger partial charge in [0, 0.05) is 25.3 Å². The number of nitrogens with one attached hydrogen (secondary N) is 2. The number of likely N-dealkylation sites (tertiary alicyclic amines) is 1. The number of carbonyl (C=O) groups is 1. The zero-order chi connectivity index (χ0) is 10.7. The Kier molecular flexibility index (Phi) is 4.83. The molecule has 90 valence electrons.